The van der Waals surface area contributed by atoms with Crippen molar-refractivity contribution in [2.45, 2.75) is 0 Å². The van der Waals surface area contributed by atoms with Gasteiger partial charge in [0.2, 0.25) is 0 Å². The second-order valence-corrected chi connectivity index (χ2v) is 0. The van der Waals surface area contributed by atoms with E-state index in [0.29, 0.717) is 0 Å². The van der Waals surface area contributed by atoms with Crippen LogP contribution >= 0.6 is 9.90 Å². The summed E-state index contributed by atoms with van der Waals surface area (Å²) in [4.78, 5) is 0. The van der Waals surface area contributed by atoms with Crippen LogP contribution in [0, 0.1) is 0 Å². The van der Waals surface area contributed by atoms with Crippen molar-refractivity contribution in [1.29, 1.82) is 0 Å². The monoisotopic (exact) mass is 136 g/mol. The average Bonchev–Trinajstić information content (AvgIpc) is 0. The molecule has 0 aliphatic carbocycles. The summed E-state index contributed by atoms with van der Waals surface area (Å²) in [6.45, 7) is 0. The Bertz CT molecular complexity index is 8.00. The fourth-order valence-electron chi connectivity index (χ4n) is 0. The van der Waals surface area contributed by atoms with Crippen LogP contribution in [0.25, 0.3) is 0 Å². The summed E-state index contributed by atoms with van der Waals surface area (Å²) >= 11 is 0. The first-order valence-electron chi connectivity index (χ1n) is 0. The smallest absolute Gasteiger partial charge is 0 e. The quantitative estimate of drug-likeness (QED) is 0.293. The standard InChI is InChI=1S/Ca.K.Na.H3P/h;;;1H3. The molecule has 12 valence electrons. The molecule has 0 saturated heterocycles. The van der Waals surface area contributed by atoms with Crippen molar-refractivity contribution in [3.8, 4) is 0 Å². The maximum absolute atomic E-state index is 0. The fourth-order valence-corrected chi connectivity index (χ4v) is 0. The molecule has 0 aromatic heterocycles. The Kier molecular flexibility index (Phi) is 93.5. The molecule has 4 heavy (non-hydrogen) atoms. The van der Waals surface area contributed by atoms with Crippen LogP contribution in [0.1, 0.15) is 0 Å². The van der Waals surface area contributed by atoms with Crippen molar-refractivity contribution in [3.63, 3.8) is 0 Å². The van der Waals surface area contributed by atoms with Gasteiger partial charge in [-0.1, -0.05) is 0 Å². The zero-order valence-electron chi connectivity index (χ0n) is 3.41. The number of hydrogen-bond acceptors (Lipinski definition) is 0. The molecule has 4 radical (unpaired) electrons. The van der Waals surface area contributed by atoms with Crippen LogP contribution in [0.2, 0.25) is 0 Å². The van der Waals surface area contributed by atoms with Gasteiger partial charge >= 0.3 is 0 Å². The summed E-state index contributed by atoms with van der Waals surface area (Å²) in [5.41, 5.74) is 0. The summed E-state index contributed by atoms with van der Waals surface area (Å²) in [5.74, 6) is 0. The van der Waals surface area contributed by atoms with Gasteiger partial charge in [0.1, 0.15) is 0 Å². The fraction of sp³-hybridized carbons (Fsp3) is 0. The maximum Gasteiger partial charge on any atom is 0 e. The molecular formula is H3CaKNaP. The second-order valence-electron chi connectivity index (χ2n) is 0. The van der Waals surface area contributed by atoms with Gasteiger partial charge in [-0.2, -0.15) is 9.90 Å². The Hall–Kier alpha value is 4.33. The largest absolute Gasteiger partial charge is 0.153 e. The van der Waals surface area contributed by atoms with Gasteiger partial charge in [-0.05, 0) is 0 Å². The summed E-state index contributed by atoms with van der Waals surface area (Å²) < 4.78 is 0. The third-order valence-electron chi connectivity index (χ3n) is 0. The van der Waals surface area contributed by atoms with Gasteiger partial charge in [0.05, 0.1) is 0 Å². The molecule has 0 N–H and O–H groups in total. The molecule has 0 rings (SSSR count). The third kappa shape index (κ3) is 9.59. The predicted molar refractivity (Wildman–Crippen MR) is 28.4 cm³/mol. The van der Waals surface area contributed by atoms with Crippen molar-refractivity contribution >= 4 is 129 Å². The SMILES string of the molecule is P.[Ca].[K].[Na]. The zero-order valence-corrected chi connectivity index (χ0v) is 12.2. The molecule has 1 atom stereocenters. The molecule has 0 saturated carbocycles. The Morgan fingerprint density at radius 1 is 1.00 bits per heavy atom. The van der Waals surface area contributed by atoms with Gasteiger partial charge in [0.25, 0.3) is 0 Å². The average molecular weight is 136 g/mol. The Balaban J connectivity index is 0. The van der Waals surface area contributed by atoms with E-state index in [2.05, 4.69) is 0 Å². The van der Waals surface area contributed by atoms with Crippen molar-refractivity contribution in [3.05, 3.63) is 0 Å². The van der Waals surface area contributed by atoms with Crippen molar-refractivity contribution in [2.75, 3.05) is 0 Å². The van der Waals surface area contributed by atoms with Crippen LogP contribution in [0.5, 0.6) is 0 Å². The normalized spacial score (nSPS) is 0. The van der Waals surface area contributed by atoms with E-state index >= 15 is 0 Å². The van der Waals surface area contributed by atoms with E-state index in [1.807, 2.05) is 0 Å². The van der Waals surface area contributed by atoms with Gasteiger partial charge in [0.15, 0.2) is 0 Å². The molecule has 0 fully saturated rings. The molecule has 4 heteroatoms. The minimum atomic E-state index is 0. The van der Waals surface area contributed by atoms with E-state index in [1.165, 1.54) is 0 Å². The van der Waals surface area contributed by atoms with Crippen molar-refractivity contribution < 1.29 is 0 Å². The summed E-state index contributed by atoms with van der Waals surface area (Å²) in [6.07, 6.45) is 0. The van der Waals surface area contributed by atoms with Gasteiger partial charge < -0.3 is 0 Å². The molecule has 0 amide bonds. The first-order chi connectivity index (χ1) is 0. The topological polar surface area (TPSA) is 0 Å². The zero-order chi connectivity index (χ0) is 0. The van der Waals surface area contributed by atoms with E-state index in [-0.39, 0.29) is 129 Å². The number of rotatable bonds is 0. The van der Waals surface area contributed by atoms with Gasteiger partial charge in [-0.3, -0.25) is 0 Å². The molecule has 0 aliphatic heterocycles. The van der Waals surface area contributed by atoms with Crippen LogP contribution in [0.15, 0.2) is 0 Å². The molecular weight excluding hydrogens is 133 g/mol. The summed E-state index contributed by atoms with van der Waals surface area (Å²) in [5, 5.41) is 0. The molecule has 1 unspecified atom stereocenters. The van der Waals surface area contributed by atoms with E-state index < -0.39 is 0 Å². The molecule has 0 spiro atoms. The Morgan fingerprint density at radius 3 is 1.00 bits per heavy atom. The van der Waals surface area contributed by atoms with Gasteiger partial charge in [0, 0.05) is 119 Å². The first-order valence-corrected chi connectivity index (χ1v) is 0. The van der Waals surface area contributed by atoms with Crippen molar-refractivity contribution in [1.82, 2.24) is 0 Å². The third-order valence-corrected chi connectivity index (χ3v) is 0. The minimum Gasteiger partial charge on any atom is -0.153 e. The van der Waals surface area contributed by atoms with E-state index in [9.17, 15) is 0 Å². The maximum atomic E-state index is 0. The van der Waals surface area contributed by atoms with Crippen LogP contribution in [-0.4, -0.2) is 119 Å². The van der Waals surface area contributed by atoms with Gasteiger partial charge in [-0.15, -0.1) is 0 Å². The van der Waals surface area contributed by atoms with Crippen molar-refractivity contribution in [2.24, 2.45) is 0 Å². The van der Waals surface area contributed by atoms with Crippen LogP contribution in [-0.2, 0) is 0 Å². The van der Waals surface area contributed by atoms with Crippen LogP contribution in [0.3, 0.4) is 0 Å². The molecule has 0 aromatic carbocycles. The Labute approximate surface area is 125 Å². The first kappa shape index (κ1) is 23.9. The molecule has 0 aliphatic rings. The van der Waals surface area contributed by atoms with E-state index in [4.69, 9.17) is 0 Å². The van der Waals surface area contributed by atoms with E-state index in [0.717, 1.165) is 0 Å². The predicted octanol–water partition coefficient (Wildman–Crippen LogP) is -1.08. The molecule has 0 bridgehead atoms. The minimum absolute atomic E-state index is 0. The van der Waals surface area contributed by atoms with Crippen LogP contribution < -0.4 is 0 Å². The van der Waals surface area contributed by atoms with Crippen LogP contribution in [0.4, 0.5) is 0 Å². The second kappa shape index (κ2) is 15.7. The number of hydrogen-bond donors (Lipinski definition) is 0. The van der Waals surface area contributed by atoms with Gasteiger partial charge in [-0.25, -0.2) is 0 Å². The Morgan fingerprint density at radius 2 is 1.00 bits per heavy atom. The molecule has 0 nitrogen and oxygen atoms in total. The summed E-state index contributed by atoms with van der Waals surface area (Å²) in [6, 6.07) is 0. The molecule has 0 heterocycles. The van der Waals surface area contributed by atoms with E-state index in [1.54, 1.807) is 0 Å². The summed E-state index contributed by atoms with van der Waals surface area (Å²) in [7, 11) is 0. The molecule has 0 aromatic rings.